The van der Waals surface area contributed by atoms with Gasteiger partial charge >= 0.3 is 0 Å². The second kappa shape index (κ2) is 4.37. The topological polar surface area (TPSA) is 46.2 Å². The van der Waals surface area contributed by atoms with Gasteiger partial charge in [0, 0.05) is 11.6 Å². The van der Waals surface area contributed by atoms with E-state index in [4.69, 9.17) is 5.73 Å². The van der Waals surface area contributed by atoms with Crippen LogP contribution in [0.15, 0.2) is 12.1 Å². The number of hydrogen-bond acceptors (Lipinski definition) is 2. The molecule has 0 radical (unpaired) electrons. The van der Waals surface area contributed by atoms with Crippen molar-refractivity contribution in [1.29, 1.82) is 0 Å². The number of aromatic hydroxyl groups is 1. The van der Waals surface area contributed by atoms with Crippen molar-refractivity contribution in [2.75, 3.05) is 0 Å². The Kier molecular flexibility index (Phi) is 3.41. The van der Waals surface area contributed by atoms with Gasteiger partial charge in [0.15, 0.2) is 11.6 Å². The van der Waals surface area contributed by atoms with E-state index in [-0.39, 0.29) is 5.56 Å². The Balaban J connectivity index is 3.04. The van der Waals surface area contributed by atoms with Crippen molar-refractivity contribution >= 4 is 0 Å². The summed E-state index contributed by atoms with van der Waals surface area (Å²) in [5.74, 6) is -2.96. The zero-order chi connectivity index (χ0) is 10.7. The normalized spacial score (nSPS) is 12.9. The van der Waals surface area contributed by atoms with E-state index in [0.717, 1.165) is 12.5 Å². The Morgan fingerprint density at radius 3 is 2.64 bits per heavy atom. The predicted molar refractivity (Wildman–Crippen MR) is 49.9 cm³/mol. The van der Waals surface area contributed by atoms with E-state index in [9.17, 15) is 13.9 Å². The van der Waals surface area contributed by atoms with Gasteiger partial charge in [0.1, 0.15) is 0 Å². The highest BCUT2D eigenvalue weighted by Crippen LogP contribution is 2.29. The second-order valence-electron chi connectivity index (χ2n) is 3.19. The van der Waals surface area contributed by atoms with Crippen molar-refractivity contribution in [3.63, 3.8) is 0 Å². The van der Waals surface area contributed by atoms with E-state index in [1.807, 2.05) is 6.92 Å². The summed E-state index contributed by atoms with van der Waals surface area (Å²) in [7, 11) is 0. The van der Waals surface area contributed by atoms with Gasteiger partial charge in [-0.15, -0.1) is 0 Å². The van der Waals surface area contributed by atoms with Gasteiger partial charge in [-0.3, -0.25) is 0 Å². The van der Waals surface area contributed by atoms with Crippen molar-refractivity contribution in [2.45, 2.75) is 25.8 Å². The highest BCUT2D eigenvalue weighted by Gasteiger charge is 2.16. The molecule has 78 valence electrons. The first-order valence-electron chi connectivity index (χ1n) is 4.50. The Morgan fingerprint density at radius 2 is 2.07 bits per heavy atom. The van der Waals surface area contributed by atoms with Gasteiger partial charge in [-0.25, -0.2) is 4.39 Å². The maximum Gasteiger partial charge on any atom is 0.200 e. The molecule has 14 heavy (non-hydrogen) atoms. The summed E-state index contributed by atoms with van der Waals surface area (Å²) in [6, 6.07) is 1.84. The van der Waals surface area contributed by atoms with Crippen LogP contribution in [0, 0.1) is 11.6 Å². The smallest absolute Gasteiger partial charge is 0.200 e. The van der Waals surface area contributed by atoms with Crippen LogP contribution in [0.5, 0.6) is 5.75 Å². The number of benzene rings is 1. The van der Waals surface area contributed by atoms with Crippen molar-refractivity contribution in [3.8, 4) is 5.75 Å². The molecule has 0 aromatic heterocycles. The van der Waals surface area contributed by atoms with Crippen LogP contribution < -0.4 is 5.73 Å². The van der Waals surface area contributed by atoms with Gasteiger partial charge < -0.3 is 10.8 Å². The minimum atomic E-state index is -1.23. The van der Waals surface area contributed by atoms with Gasteiger partial charge in [-0.2, -0.15) is 4.39 Å². The molecule has 0 bridgehead atoms. The SMILES string of the molecule is CCC[C@H](N)c1ccc(F)c(F)c1O. The molecule has 0 saturated heterocycles. The molecule has 1 aromatic carbocycles. The molecule has 0 aliphatic rings. The molecule has 3 N–H and O–H groups in total. The molecule has 1 atom stereocenters. The minimum Gasteiger partial charge on any atom is -0.505 e. The summed E-state index contributed by atoms with van der Waals surface area (Å²) in [5, 5.41) is 9.28. The Hall–Kier alpha value is -1.16. The number of hydrogen-bond donors (Lipinski definition) is 2. The van der Waals surface area contributed by atoms with Gasteiger partial charge in [0.25, 0.3) is 0 Å². The van der Waals surface area contributed by atoms with E-state index in [2.05, 4.69) is 0 Å². The minimum absolute atomic E-state index is 0.255. The average Bonchev–Trinajstić information content (AvgIpc) is 2.15. The Morgan fingerprint density at radius 1 is 1.43 bits per heavy atom. The molecule has 1 aromatic rings. The number of phenols is 1. The van der Waals surface area contributed by atoms with Gasteiger partial charge in [-0.1, -0.05) is 19.4 Å². The van der Waals surface area contributed by atoms with Gasteiger partial charge in [0.2, 0.25) is 5.82 Å². The van der Waals surface area contributed by atoms with Gasteiger partial charge in [0.05, 0.1) is 0 Å². The standard InChI is InChI=1S/C10H13F2NO/c1-2-3-8(13)6-4-5-7(11)9(12)10(6)14/h4-5,8,14H,2-3,13H2,1H3/t8-/m0/s1. The van der Waals surface area contributed by atoms with Crippen LogP contribution in [0.25, 0.3) is 0 Å². The fraction of sp³-hybridized carbons (Fsp3) is 0.400. The van der Waals surface area contributed by atoms with Crippen molar-refractivity contribution < 1.29 is 13.9 Å². The number of nitrogens with two attached hydrogens (primary N) is 1. The molecule has 0 fully saturated rings. The summed E-state index contributed by atoms with van der Waals surface area (Å²) in [6.45, 7) is 1.93. The maximum atomic E-state index is 12.9. The summed E-state index contributed by atoms with van der Waals surface area (Å²) < 4.78 is 25.5. The highest BCUT2D eigenvalue weighted by molar-refractivity contribution is 5.36. The van der Waals surface area contributed by atoms with E-state index >= 15 is 0 Å². The zero-order valence-electron chi connectivity index (χ0n) is 7.93. The lowest BCUT2D eigenvalue weighted by molar-refractivity contribution is 0.395. The van der Waals surface area contributed by atoms with Crippen LogP contribution in [0.3, 0.4) is 0 Å². The molecule has 0 amide bonds. The molecular weight excluding hydrogens is 188 g/mol. The van der Waals surface area contributed by atoms with Crippen LogP contribution >= 0.6 is 0 Å². The van der Waals surface area contributed by atoms with Crippen molar-refractivity contribution in [2.24, 2.45) is 5.73 Å². The molecule has 0 heterocycles. The van der Waals surface area contributed by atoms with Gasteiger partial charge in [-0.05, 0) is 12.5 Å². The number of phenolic OH excluding ortho intramolecular Hbond substituents is 1. The van der Waals surface area contributed by atoms with Crippen LogP contribution in [0.2, 0.25) is 0 Å². The molecule has 0 saturated carbocycles. The lowest BCUT2D eigenvalue weighted by atomic mass is 10.0. The Bertz CT molecular complexity index is 328. The molecule has 0 aliphatic heterocycles. The summed E-state index contributed by atoms with van der Waals surface area (Å²) >= 11 is 0. The monoisotopic (exact) mass is 201 g/mol. The summed E-state index contributed by atoms with van der Waals surface area (Å²) in [4.78, 5) is 0. The lowest BCUT2D eigenvalue weighted by Gasteiger charge is -2.12. The molecule has 0 unspecified atom stereocenters. The largest absolute Gasteiger partial charge is 0.505 e. The Labute approximate surface area is 81.4 Å². The summed E-state index contributed by atoms with van der Waals surface area (Å²) in [5.41, 5.74) is 5.93. The number of halogens is 2. The third-order valence-electron chi connectivity index (χ3n) is 2.10. The van der Waals surface area contributed by atoms with Crippen LogP contribution in [-0.4, -0.2) is 5.11 Å². The first kappa shape index (κ1) is 10.9. The molecule has 0 spiro atoms. The highest BCUT2D eigenvalue weighted by atomic mass is 19.2. The molecular formula is C10H13F2NO. The van der Waals surface area contributed by atoms with Crippen LogP contribution in [0.4, 0.5) is 8.78 Å². The fourth-order valence-electron chi connectivity index (χ4n) is 1.32. The number of rotatable bonds is 3. The van der Waals surface area contributed by atoms with E-state index in [1.54, 1.807) is 0 Å². The molecule has 0 aliphatic carbocycles. The van der Waals surface area contributed by atoms with Crippen LogP contribution in [-0.2, 0) is 0 Å². The van der Waals surface area contributed by atoms with E-state index in [0.29, 0.717) is 6.42 Å². The average molecular weight is 201 g/mol. The predicted octanol–water partition coefficient (Wildman–Crippen LogP) is 2.47. The fourth-order valence-corrected chi connectivity index (χ4v) is 1.32. The summed E-state index contributed by atoms with van der Waals surface area (Å²) in [6.07, 6.45) is 1.44. The zero-order valence-corrected chi connectivity index (χ0v) is 7.93. The molecule has 2 nitrogen and oxygen atoms in total. The lowest BCUT2D eigenvalue weighted by Crippen LogP contribution is -2.10. The molecule has 1 rings (SSSR count). The third kappa shape index (κ3) is 2.01. The molecule has 4 heteroatoms. The maximum absolute atomic E-state index is 12.9. The third-order valence-corrected chi connectivity index (χ3v) is 2.10. The van der Waals surface area contributed by atoms with Crippen molar-refractivity contribution in [3.05, 3.63) is 29.3 Å². The first-order chi connectivity index (χ1) is 6.57. The van der Waals surface area contributed by atoms with E-state index in [1.165, 1.54) is 6.07 Å². The first-order valence-corrected chi connectivity index (χ1v) is 4.50. The van der Waals surface area contributed by atoms with Crippen molar-refractivity contribution in [1.82, 2.24) is 0 Å². The van der Waals surface area contributed by atoms with E-state index < -0.39 is 23.4 Å². The quantitative estimate of drug-likeness (QED) is 0.789. The second-order valence-corrected chi connectivity index (χ2v) is 3.19. The van der Waals surface area contributed by atoms with Crippen LogP contribution in [0.1, 0.15) is 31.4 Å².